The van der Waals surface area contributed by atoms with Crippen molar-refractivity contribution in [1.82, 2.24) is 10.6 Å². The van der Waals surface area contributed by atoms with Gasteiger partial charge in [-0.2, -0.15) is 0 Å². The Hall–Kier alpha value is -1.03. The zero-order chi connectivity index (χ0) is 8.81. The maximum Gasteiger partial charge on any atom is 0.305 e. The van der Waals surface area contributed by atoms with E-state index in [-0.39, 0.29) is 5.97 Å². The van der Waals surface area contributed by atoms with Crippen molar-refractivity contribution < 1.29 is 9.53 Å². The highest BCUT2D eigenvalue weighted by Gasteiger charge is 2.05. The molecule has 0 saturated heterocycles. The van der Waals surface area contributed by atoms with Gasteiger partial charge in [0.1, 0.15) is 0 Å². The molecule has 2 N–H and O–H groups in total. The molecule has 1 aliphatic heterocycles. The fraction of sp³-hybridized carbons (Fsp3) is 0.625. The fourth-order valence-corrected chi connectivity index (χ4v) is 1.07. The Balaban J connectivity index is 2.21. The van der Waals surface area contributed by atoms with Gasteiger partial charge in [0.25, 0.3) is 0 Å². The third-order valence-electron chi connectivity index (χ3n) is 1.76. The minimum atomic E-state index is -0.151. The van der Waals surface area contributed by atoms with Crippen molar-refractivity contribution in [2.75, 3.05) is 20.3 Å². The largest absolute Gasteiger partial charge is 0.469 e. The molecule has 0 fully saturated rings. The molecule has 4 heteroatoms. The number of hydrogen-bond donors (Lipinski definition) is 2. The van der Waals surface area contributed by atoms with Crippen LogP contribution in [0.15, 0.2) is 11.8 Å². The third kappa shape index (κ3) is 2.92. The Kier molecular flexibility index (Phi) is 3.60. The van der Waals surface area contributed by atoms with Crippen molar-refractivity contribution in [3.05, 3.63) is 11.8 Å². The number of ether oxygens (including phenoxy) is 1. The zero-order valence-corrected chi connectivity index (χ0v) is 7.22. The first-order chi connectivity index (χ1) is 5.83. The quantitative estimate of drug-likeness (QED) is 0.584. The van der Waals surface area contributed by atoms with Crippen LogP contribution < -0.4 is 10.6 Å². The van der Waals surface area contributed by atoms with E-state index in [0.717, 1.165) is 19.6 Å². The second kappa shape index (κ2) is 4.77. The smallest absolute Gasteiger partial charge is 0.305 e. The van der Waals surface area contributed by atoms with Gasteiger partial charge in [-0.3, -0.25) is 10.1 Å². The van der Waals surface area contributed by atoms with E-state index in [1.165, 1.54) is 12.7 Å². The number of nitrogens with one attached hydrogen (secondary N) is 2. The molecule has 1 heterocycles. The fourth-order valence-electron chi connectivity index (χ4n) is 1.07. The molecule has 0 bridgehead atoms. The number of rotatable bonds is 3. The summed E-state index contributed by atoms with van der Waals surface area (Å²) >= 11 is 0. The molecule has 0 spiro atoms. The normalized spacial score (nSPS) is 16.2. The molecule has 0 aromatic carbocycles. The van der Waals surface area contributed by atoms with Gasteiger partial charge in [0.05, 0.1) is 13.8 Å². The van der Waals surface area contributed by atoms with Crippen LogP contribution in [0.3, 0.4) is 0 Å². The molecule has 0 saturated carbocycles. The standard InChI is InChI=1S/C8H14N2O2/c1-12-8(11)3-2-7-4-9-6-10-5-7/h4,9-10H,2-3,5-6H2,1H3. The highest BCUT2D eigenvalue weighted by Crippen LogP contribution is 2.05. The first-order valence-corrected chi connectivity index (χ1v) is 4.02. The molecule has 68 valence electrons. The van der Waals surface area contributed by atoms with Crippen molar-refractivity contribution in [3.63, 3.8) is 0 Å². The van der Waals surface area contributed by atoms with Crippen molar-refractivity contribution in [2.24, 2.45) is 0 Å². The summed E-state index contributed by atoms with van der Waals surface area (Å²) in [6.07, 6.45) is 3.19. The molecule has 1 rings (SSSR count). The van der Waals surface area contributed by atoms with E-state index in [2.05, 4.69) is 15.4 Å². The molecular weight excluding hydrogens is 156 g/mol. The molecule has 0 aliphatic carbocycles. The molecule has 0 aromatic rings. The summed E-state index contributed by atoms with van der Waals surface area (Å²) in [7, 11) is 1.41. The van der Waals surface area contributed by atoms with Crippen LogP contribution in [0.25, 0.3) is 0 Å². The van der Waals surface area contributed by atoms with E-state index in [0.29, 0.717) is 6.42 Å². The summed E-state index contributed by atoms with van der Waals surface area (Å²) in [4.78, 5) is 10.8. The average Bonchev–Trinajstić information content (AvgIpc) is 2.16. The van der Waals surface area contributed by atoms with Gasteiger partial charge in [-0.25, -0.2) is 0 Å². The summed E-state index contributed by atoms with van der Waals surface area (Å²) in [5, 5.41) is 6.20. The van der Waals surface area contributed by atoms with Gasteiger partial charge < -0.3 is 10.1 Å². The molecule has 4 nitrogen and oxygen atoms in total. The highest BCUT2D eigenvalue weighted by atomic mass is 16.5. The molecule has 12 heavy (non-hydrogen) atoms. The number of hydrogen-bond acceptors (Lipinski definition) is 4. The van der Waals surface area contributed by atoms with E-state index in [4.69, 9.17) is 0 Å². The van der Waals surface area contributed by atoms with Crippen molar-refractivity contribution >= 4 is 5.97 Å². The Bertz CT molecular complexity index is 189. The summed E-state index contributed by atoms with van der Waals surface area (Å²) in [5.41, 5.74) is 1.21. The van der Waals surface area contributed by atoms with Crippen molar-refractivity contribution in [1.29, 1.82) is 0 Å². The molecule has 0 aromatic heterocycles. The predicted molar refractivity (Wildman–Crippen MR) is 45.3 cm³/mol. The first-order valence-electron chi connectivity index (χ1n) is 4.02. The third-order valence-corrected chi connectivity index (χ3v) is 1.76. The van der Waals surface area contributed by atoms with Gasteiger partial charge >= 0.3 is 5.97 Å². The lowest BCUT2D eigenvalue weighted by atomic mass is 10.1. The summed E-state index contributed by atoms with van der Waals surface area (Å²) in [5.74, 6) is -0.151. The lowest BCUT2D eigenvalue weighted by Gasteiger charge is -2.14. The monoisotopic (exact) mass is 170 g/mol. The molecule has 0 radical (unpaired) electrons. The van der Waals surface area contributed by atoms with Crippen molar-refractivity contribution in [3.8, 4) is 0 Å². The van der Waals surface area contributed by atoms with E-state index in [1.54, 1.807) is 0 Å². The minimum absolute atomic E-state index is 0.151. The Labute approximate surface area is 72.0 Å². The predicted octanol–water partition coefficient (Wildman–Crippen LogP) is -0.0262. The molecule has 0 amide bonds. The summed E-state index contributed by atoms with van der Waals surface area (Å²) in [6, 6.07) is 0. The van der Waals surface area contributed by atoms with E-state index >= 15 is 0 Å². The van der Waals surface area contributed by atoms with Gasteiger partial charge in [0.15, 0.2) is 0 Å². The maximum absolute atomic E-state index is 10.8. The number of carbonyl (C=O) groups is 1. The van der Waals surface area contributed by atoms with Crippen LogP contribution in [0.1, 0.15) is 12.8 Å². The van der Waals surface area contributed by atoms with Crippen LogP contribution in [0.5, 0.6) is 0 Å². The van der Waals surface area contributed by atoms with Gasteiger partial charge in [-0.15, -0.1) is 0 Å². The molecular formula is C8H14N2O2. The van der Waals surface area contributed by atoms with Gasteiger partial charge in [0.2, 0.25) is 0 Å². The van der Waals surface area contributed by atoms with Crippen LogP contribution in [0, 0.1) is 0 Å². The first kappa shape index (κ1) is 9.06. The molecule has 1 aliphatic rings. The van der Waals surface area contributed by atoms with E-state index < -0.39 is 0 Å². The number of esters is 1. The average molecular weight is 170 g/mol. The number of carbonyl (C=O) groups excluding carboxylic acids is 1. The Morgan fingerprint density at radius 2 is 2.58 bits per heavy atom. The summed E-state index contributed by atoms with van der Waals surface area (Å²) in [6.45, 7) is 1.67. The second-order valence-corrected chi connectivity index (χ2v) is 2.69. The van der Waals surface area contributed by atoms with Crippen LogP contribution >= 0.6 is 0 Å². The van der Waals surface area contributed by atoms with Gasteiger partial charge in [-0.1, -0.05) is 0 Å². The lowest BCUT2D eigenvalue weighted by molar-refractivity contribution is -0.140. The zero-order valence-electron chi connectivity index (χ0n) is 7.22. The van der Waals surface area contributed by atoms with Gasteiger partial charge in [-0.05, 0) is 18.2 Å². The van der Waals surface area contributed by atoms with E-state index in [9.17, 15) is 4.79 Å². The van der Waals surface area contributed by atoms with E-state index in [1.807, 2.05) is 6.20 Å². The number of methoxy groups -OCH3 is 1. The Morgan fingerprint density at radius 1 is 1.75 bits per heavy atom. The van der Waals surface area contributed by atoms with Crippen LogP contribution in [0.2, 0.25) is 0 Å². The maximum atomic E-state index is 10.8. The SMILES string of the molecule is COC(=O)CCC1=CNCNC1. The molecule has 0 atom stereocenters. The van der Waals surface area contributed by atoms with Gasteiger partial charge in [0, 0.05) is 13.0 Å². The van der Waals surface area contributed by atoms with Crippen LogP contribution in [-0.2, 0) is 9.53 Å². The van der Waals surface area contributed by atoms with Crippen LogP contribution in [0.4, 0.5) is 0 Å². The second-order valence-electron chi connectivity index (χ2n) is 2.69. The van der Waals surface area contributed by atoms with Crippen LogP contribution in [-0.4, -0.2) is 26.3 Å². The molecule has 0 unspecified atom stereocenters. The topological polar surface area (TPSA) is 50.4 Å². The summed E-state index contributed by atoms with van der Waals surface area (Å²) < 4.78 is 4.53. The van der Waals surface area contributed by atoms with Crippen molar-refractivity contribution in [2.45, 2.75) is 12.8 Å². The lowest BCUT2D eigenvalue weighted by Crippen LogP contribution is -2.32. The Morgan fingerprint density at radius 3 is 3.17 bits per heavy atom. The minimum Gasteiger partial charge on any atom is -0.469 e. The highest BCUT2D eigenvalue weighted by molar-refractivity contribution is 5.69.